The van der Waals surface area contributed by atoms with Crippen molar-refractivity contribution in [3.63, 3.8) is 0 Å². The zero-order valence-corrected chi connectivity index (χ0v) is 12.1. The van der Waals surface area contributed by atoms with E-state index in [2.05, 4.69) is 23.9 Å². The van der Waals surface area contributed by atoms with Crippen LogP contribution in [0.15, 0.2) is 0 Å². The van der Waals surface area contributed by atoms with Crippen LogP contribution >= 0.6 is 11.8 Å². The number of hydrogen-bond donors (Lipinski definition) is 1. The smallest absolute Gasteiger partial charge is 0.106 e. The van der Waals surface area contributed by atoms with E-state index < -0.39 is 0 Å². The predicted molar refractivity (Wildman–Crippen MR) is 72.7 cm³/mol. The number of hydrogen-bond acceptors (Lipinski definition) is 4. The molecule has 1 aliphatic heterocycles. The Labute approximate surface area is 100 Å². The molecule has 1 N–H and O–H groups in total. The Morgan fingerprint density at radius 2 is 1.60 bits per heavy atom. The van der Waals surface area contributed by atoms with E-state index in [0.29, 0.717) is 0 Å². The summed E-state index contributed by atoms with van der Waals surface area (Å²) >= 11 is 1.96. The minimum atomic E-state index is 1.17. The molecule has 0 aliphatic carbocycles. The zero-order valence-electron chi connectivity index (χ0n) is 11.3. The molecule has 0 aromatic carbocycles. The summed E-state index contributed by atoms with van der Waals surface area (Å²) in [6.45, 7) is 11.5. The number of ether oxygens (including phenoxy) is 1. The highest BCUT2D eigenvalue weighted by atomic mass is 32.2. The summed E-state index contributed by atoms with van der Waals surface area (Å²) < 4.78 is 4.25. The van der Waals surface area contributed by atoms with Gasteiger partial charge in [0.2, 0.25) is 0 Å². The maximum absolute atomic E-state index is 8.00. The van der Waals surface area contributed by atoms with Gasteiger partial charge in [-0.25, -0.2) is 0 Å². The van der Waals surface area contributed by atoms with Crippen LogP contribution in [0.25, 0.3) is 0 Å². The highest BCUT2D eigenvalue weighted by Gasteiger charge is 1.93. The Morgan fingerprint density at radius 3 is 1.67 bits per heavy atom. The quantitative estimate of drug-likeness (QED) is 0.705. The van der Waals surface area contributed by atoms with Crippen molar-refractivity contribution in [2.75, 3.05) is 32.4 Å². The van der Waals surface area contributed by atoms with Crippen molar-refractivity contribution in [2.45, 2.75) is 34.1 Å². The maximum Gasteiger partial charge on any atom is 0.106 e. The Morgan fingerprint density at radius 1 is 1.27 bits per heavy atom. The van der Waals surface area contributed by atoms with Crippen molar-refractivity contribution in [2.24, 2.45) is 0 Å². The standard InChI is InChI=1S/C3H7NS.C3H8.C2H6O.C2H6.CH2O/c1-2-5-3-4-1;2*1-3-2;2*1-2/h4H,1-3H2;3H2,1-2H3;1-2H3;1-2H3;1H2. The molecule has 1 saturated heterocycles. The molecule has 1 aliphatic rings. The average molecular weight is 239 g/mol. The van der Waals surface area contributed by atoms with E-state index in [4.69, 9.17) is 4.79 Å². The summed E-state index contributed by atoms with van der Waals surface area (Å²) in [5, 5.41) is 3.19. The second-order valence-electron chi connectivity index (χ2n) is 2.17. The van der Waals surface area contributed by atoms with Crippen LogP contribution in [0.5, 0.6) is 0 Å². The summed E-state index contributed by atoms with van der Waals surface area (Å²) in [5.74, 6) is 2.47. The van der Waals surface area contributed by atoms with Crippen molar-refractivity contribution in [1.82, 2.24) is 5.32 Å². The first kappa shape index (κ1) is 24.3. The molecule has 96 valence electrons. The van der Waals surface area contributed by atoms with Crippen LogP contribution in [0.1, 0.15) is 34.1 Å². The number of rotatable bonds is 0. The molecule has 0 atom stereocenters. The fourth-order valence-corrected chi connectivity index (χ4v) is 1.08. The first-order valence-corrected chi connectivity index (χ1v) is 6.46. The first-order valence-electron chi connectivity index (χ1n) is 5.30. The van der Waals surface area contributed by atoms with E-state index >= 15 is 0 Å². The number of methoxy groups -OCH3 is 1. The molecule has 1 heterocycles. The van der Waals surface area contributed by atoms with Crippen LogP contribution in [-0.4, -0.2) is 39.2 Å². The van der Waals surface area contributed by atoms with Crippen LogP contribution < -0.4 is 5.32 Å². The SMILES string of the molecule is C1CSCN1.C=O.CC.CCC.COC. The molecule has 0 radical (unpaired) electrons. The first-order chi connectivity index (χ1) is 7.33. The molecule has 4 heteroatoms. The van der Waals surface area contributed by atoms with E-state index in [0.717, 1.165) is 0 Å². The van der Waals surface area contributed by atoms with Gasteiger partial charge in [0.15, 0.2) is 0 Å². The third-order valence-electron chi connectivity index (χ3n) is 0.627. The molecular formula is C11H29NO2S. The number of thioether (sulfide) groups is 1. The third kappa shape index (κ3) is 81.4. The van der Waals surface area contributed by atoms with Crippen LogP contribution in [-0.2, 0) is 9.53 Å². The Hall–Kier alpha value is -0.0600. The molecular weight excluding hydrogens is 210 g/mol. The Bertz CT molecular complexity index is 52.9. The molecule has 1 fully saturated rings. The monoisotopic (exact) mass is 239 g/mol. The molecule has 0 aromatic heterocycles. The lowest BCUT2D eigenvalue weighted by Crippen LogP contribution is -2.04. The van der Waals surface area contributed by atoms with Crippen LogP contribution in [0.4, 0.5) is 0 Å². The van der Waals surface area contributed by atoms with Gasteiger partial charge in [0, 0.05) is 32.4 Å². The molecule has 0 bridgehead atoms. The van der Waals surface area contributed by atoms with E-state index in [1.807, 2.05) is 32.4 Å². The lowest BCUT2D eigenvalue weighted by atomic mass is 10.6. The fourth-order valence-electron chi connectivity index (χ4n) is 0.361. The summed E-state index contributed by atoms with van der Waals surface area (Å²) in [6.07, 6.45) is 1.25. The lowest BCUT2D eigenvalue weighted by molar-refractivity contribution is -0.0979. The van der Waals surface area contributed by atoms with Gasteiger partial charge in [-0.05, 0) is 0 Å². The topological polar surface area (TPSA) is 38.3 Å². The van der Waals surface area contributed by atoms with Crippen LogP contribution in [0.3, 0.4) is 0 Å². The predicted octanol–water partition coefficient (Wildman–Crippen LogP) is 2.80. The average Bonchev–Trinajstić information content (AvgIpc) is 2.83. The molecule has 1 rings (SSSR count). The lowest BCUT2D eigenvalue weighted by Gasteiger charge is -1.74. The Balaban J connectivity index is -0.0000000543. The molecule has 0 saturated carbocycles. The number of carbonyl (C=O) groups excluding carboxylic acids is 1. The molecule has 0 aromatic rings. The fraction of sp³-hybridized carbons (Fsp3) is 0.909. The van der Waals surface area contributed by atoms with Crippen molar-refractivity contribution in [3.8, 4) is 0 Å². The van der Waals surface area contributed by atoms with Gasteiger partial charge < -0.3 is 14.8 Å². The molecule has 0 spiro atoms. The summed E-state index contributed by atoms with van der Waals surface area (Å²) in [7, 11) is 3.25. The molecule has 0 unspecified atom stereocenters. The van der Waals surface area contributed by atoms with E-state index in [1.165, 1.54) is 24.6 Å². The van der Waals surface area contributed by atoms with Crippen molar-refractivity contribution in [1.29, 1.82) is 0 Å². The van der Waals surface area contributed by atoms with Gasteiger partial charge in [-0.2, -0.15) is 0 Å². The van der Waals surface area contributed by atoms with Gasteiger partial charge in [0.25, 0.3) is 0 Å². The van der Waals surface area contributed by atoms with Crippen molar-refractivity contribution in [3.05, 3.63) is 0 Å². The van der Waals surface area contributed by atoms with E-state index in [1.54, 1.807) is 14.2 Å². The molecule has 3 nitrogen and oxygen atoms in total. The zero-order chi connectivity index (χ0) is 12.9. The van der Waals surface area contributed by atoms with E-state index in [-0.39, 0.29) is 0 Å². The van der Waals surface area contributed by atoms with Gasteiger partial charge in [-0.1, -0.05) is 34.1 Å². The normalized spacial score (nSPS) is 11.1. The second kappa shape index (κ2) is 48.5. The van der Waals surface area contributed by atoms with Gasteiger partial charge in [0.05, 0.1) is 0 Å². The summed E-state index contributed by atoms with van der Waals surface area (Å²) in [6, 6.07) is 0. The number of carbonyl (C=O) groups is 1. The third-order valence-corrected chi connectivity index (χ3v) is 1.53. The Kier molecular flexibility index (Phi) is 78.4. The van der Waals surface area contributed by atoms with Gasteiger partial charge in [-0.3, -0.25) is 0 Å². The van der Waals surface area contributed by atoms with Crippen LogP contribution in [0.2, 0.25) is 0 Å². The second-order valence-corrected chi connectivity index (χ2v) is 3.27. The van der Waals surface area contributed by atoms with Crippen molar-refractivity contribution < 1.29 is 9.53 Å². The van der Waals surface area contributed by atoms with Gasteiger partial charge in [-0.15, -0.1) is 11.8 Å². The number of nitrogens with one attached hydrogen (secondary N) is 1. The molecule has 0 amide bonds. The molecule has 15 heavy (non-hydrogen) atoms. The largest absolute Gasteiger partial charge is 0.388 e. The minimum Gasteiger partial charge on any atom is -0.388 e. The van der Waals surface area contributed by atoms with Gasteiger partial charge in [0.1, 0.15) is 6.79 Å². The highest BCUT2D eigenvalue weighted by Crippen LogP contribution is 1.99. The summed E-state index contributed by atoms with van der Waals surface area (Å²) in [4.78, 5) is 8.00. The summed E-state index contributed by atoms with van der Waals surface area (Å²) in [5.41, 5.74) is 0. The van der Waals surface area contributed by atoms with Crippen molar-refractivity contribution >= 4 is 18.6 Å². The van der Waals surface area contributed by atoms with E-state index in [9.17, 15) is 0 Å². The van der Waals surface area contributed by atoms with Crippen LogP contribution in [0, 0.1) is 0 Å². The maximum atomic E-state index is 8.00. The minimum absolute atomic E-state index is 1.17. The van der Waals surface area contributed by atoms with Gasteiger partial charge >= 0.3 is 0 Å². The highest BCUT2D eigenvalue weighted by molar-refractivity contribution is 7.99.